The van der Waals surface area contributed by atoms with Gasteiger partial charge < -0.3 is 9.47 Å². The van der Waals surface area contributed by atoms with Gasteiger partial charge in [0.2, 0.25) is 6.79 Å². The Morgan fingerprint density at radius 1 is 1.36 bits per heavy atom. The molecule has 0 saturated carbocycles. The van der Waals surface area contributed by atoms with Crippen LogP contribution in [0.2, 0.25) is 0 Å². The highest BCUT2D eigenvalue weighted by molar-refractivity contribution is 6.18. The number of hydrogen-bond acceptors (Lipinski definition) is 4. The number of carbonyl (C=O) groups is 1. The lowest BCUT2D eigenvalue weighted by molar-refractivity contribution is -0.115. The molecule has 1 atom stereocenters. The fourth-order valence-corrected chi connectivity index (χ4v) is 1.65. The molecule has 70 valence electrons. The molecule has 0 amide bonds. The van der Waals surface area contributed by atoms with Gasteiger partial charge in [0.15, 0.2) is 17.3 Å². The van der Waals surface area contributed by atoms with E-state index in [1.165, 1.54) is 12.3 Å². The first-order valence-electron chi connectivity index (χ1n) is 4.32. The third-order valence-electron chi connectivity index (χ3n) is 2.36. The molecule has 0 radical (unpaired) electrons. The number of nitrogens with zero attached hydrogens (tertiary/aromatic N) is 1. The monoisotopic (exact) mass is 189 g/mol. The number of carbonyl (C=O) groups excluding carboxylic acids is 1. The molecule has 0 aromatic rings. The van der Waals surface area contributed by atoms with Crippen LogP contribution in [0.5, 0.6) is 0 Å². The van der Waals surface area contributed by atoms with Gasteiger partial charge in [0.25, 0.3) is 0 Å². The molecular formula is C10H7NO3. The summed E-state index contributed by atoms with van der Waals surface area (Å²) < 4.78 is 10.4. The van der Waals surface area contributed by atoms with Crippen molar-refractivity contribution in [3.8, 4) is 0 Å². The zero-order valence-corrected chi connectivity index (χ0v) is 7.27. The normalized spacial score (nSPS) is 27.9. The third-order valence-corrected chi connectivity index (χ3v) is 2.36. The van der Waals surface area contributed by atoms with Crippen LogP contribution in [-0.4, -0.2) is 18.3 Å². The van der Waals surface area contributed by atoms with Crippen LogP contribution in [0.1, 0.15) is 0 Å². The molecule has 0 aromatic heterocycles. The maximum atomic E-state index is 11.5. The van der Waals surface area contributed by atoms with Crippen LogP contribution in [-0.2, 0) is 14.3 Å². The van der Waals surface area contributed by atoms with Crippen LogP contribution in [0.15, 0.2) is 40.9 Å². The first-order chi connectivity index (χ1) is 6.84. The van der Waals surface area contributed by atoms with Crippen molar-refractivity contribution < 1.29 is 14.3 Å². The first kappa shape index (κ1) is 7.55. The average molecular weight is 189 g/mol. The van der Waals surface area contributed by atoms with E-state index in [1.54, 1.807) is 12.2 Å². The lowest BCUT2D eigenvalue weighted by Gasteiger charge is -2.17. The summed E-state index contributed by atoms with van der Waals surface area (Å²) in [6.07, 6.45) is 6.50. The molecule has 3 rings (SSSR count). The molecule has 1 fully saturated rings. The lowest BCUT2D eigenvalue weighted by Crippen LogP contribution is -2.24. The Bertz CT molecular complexity index is 429. The summed E-state index contributed by atoms with van der Waals surface area (Å²) in [5.74, 6) is 1.06. The number of aliphatic imine (C=N–C) groups is 1. The topological polar surface area (TPSA) is 47.9 Å². The van der Waals surface area contributed by atoms with Gasteiger partial charge in [-0.2, -0.15) is 0 Å². The maximum absolute atomic E-state index is 11.5. The predicted molar refractivity (Wildman–Crippen MR) is 48.3 cm³/mol. The minimum Gasteiger partial charge on any atom is -0.454 e. The number of fused-ring (bicyclic) bond motifs is 2. The van der Waals surface area contributed by atoms with Crippen LogP contribution in [0, 0.1) is 5.92 Å². The van der Waals surface area contributed by atoms with Gasteiger partial charge in [-0.1, -0.05) is 0 Å². The Balaban J connectivity index is 2.09. The lowest BCUT2D eigenvalue weighted by atomic mass is 9.91. The fourth-order valence-electron chi connectivity index (χ4n) is 1.65. The molecule has 0 spiro atoms. The highest BCUT2D eigenvalue weighted by Crippen LogP contribution is 2.29. The Labute approximate surface area is 80.2 Å². The standard InChI is InChI=1S/C10H7NO3/c12-8-1-2-11-7-4-10-9(3-6(7)8)13-5-14-10/h1-4,6H,5H2. The van der Waals surface area contributed by atoms with E-state index in [9.17, 15) is 4.79 Å². The molecule has 2 heterocycles. The highest BCUT2D eigenvalue weighted by Gasteiger charge is 2.31. The summed E-state index contributed by atoms with van der Waals surface area (Å²) in [5.41, 5.74) is 0.724. The molecule has 2 aliphatic heterocycles. The second-order valence-electron chi connectivity index (χ2n) is 3.20. The Morgan fingerprint density at radius 2 is 2.21 bits per heavy atom. The molecule has 0 N–H and O–H groups in total. The van der Waals surface area contributed by atoms with Gasteiger partial charge in [-0.15, -0.1) is 0 Å². The van der Waals surface area contributed by atoms with Crippen LogP contribution in [0.4, 0.5) is 0 Å². The minimum absolute atomic E-state index is 0.0355. The van der Waals surface area contributed by atoms with Crippen LogP contribution in [0.3, 0.4) is 0 Å². The molecule has 3 aliphatic rings. The van der Waals surface area contributed by atoms with E-state index >= 15 is 0 Å². The summed E-state index contributed by atoms with van der Waals surface area (Å²) >= 11 is 0. The van der Waals surface area contributed by atoms with Gasteiger partial charge in [-0.25, -0.2) is 0 Å². The first-order valence-corrected chi connectivity index (χ1v) is 4.32. The van der Waals surface area contributed by atoms with Crippen molar-refractivity contribution in [3.63, 3.8) is 0 Å². The second kappa shape index (κ2) is 2.57. The summed E-state index contributed by atoms with van der Waals surface area (Å²) in [6, 6.07) is 0. The molecule has 4 heteroatoms. The molecule has 1 aliphatic carbocycles. The quantitative estimate of drug-likeness (QED) is 0.569. The van der Waals surface area contributed by atoms with E-state index in [0.717, 1.165) is 5.71 Å². The molecule has 0 aromatic carbocycles. The van der Waals surface area contributed by atoms with Crippen molar-refractivity contribution in [1.29, 1.82) is 0 Å². The van der Waals surface area contributed by atoms with E-state index in [1.807, 2.05) is 0 Å². The second-order valence-corrected chi connectivity index (χ2v) is 3.20. The van der Waals surface area contributed by atoms with Crippen molar-refractivity contribution in [2.24, 2.45) is 10.9 Å². The van der Waals surface area contributed by atoms with Gasteiger partial charge in [-0.3, -0.25) is 9.79 Å². The molecular weight excluding hydrogens is 182 g/mol. The predicted octanol–water partition coefficient (Wildman–Crippen LogP) is 0.926. The largest absolute Gasteiger partial charge is 0.454 e. The molecule has 0 bridgehead atoms. The average Bonchev–Trinajstić information content (AvgIpc) is 2.62. The van der Waals surface area contributed by atoms with Gasteiger partial charge in [0, 0.05) is 18.4 Å². The summed E-state index contributed by atoms with van der Waals surface area (Å²) in [6.45, 7) is 0.222. The number of rotatable bonds is 0. The van der Waals surface area contributed by atoms with E-state index in [4.69, 9.17) is 9.47 Å². The summed E-state index contributed by atoms with van der Waals surface area (Å²) in [4.78, 5) is 15.6. The van der Waals surface area contributed by atoms with Crippen molar-refractivity contribution in [3.05, 3.63) is 35.9 Å². The number of ketones is 1. The third kappa shape index (κ3) is 0.937. The van der Waals surface area contributed by atoms with E-state index in [2.05, 4.69) is 4.99 Å². The van der Waals surface area contributed by atoms with Crippen molar-refractivity contribution >= 4 is 11.5 Å². The molecule has 1 saturated heterocycles. The summed E-state index contributed by atoms with van der Waals surface area (Å²) in [7, 11) is 0. The smallest absolute Gasteiger partial charge is 0.231 e. The highest BCUT2D eigenvalue weighted by atomic mass is 16.7. The SMILES string of the molecule is O=C1C=CN=C2C=C3OCOC3=CC12. The van der Waals surface area contributed by atoms with Gasteiger partial charge >= 0.3 is 0 Å². The van der Waals surface area contributed by atoms with Gasteiger partial charge in [0.1, 0.15) is 0 Å². The maximum Gasteiger partial charge on any atom is 0.231 e. The van der Waals surface area contributed by atoms with Crippen LogP contribution < -0.4 is 0 Å². The van der Waals surface area contributed by atoms with Crippen molar-refractivity contribution in [1.82, 2.24) is 0 Å². The van der Waals surface area contributed by atoms with Crippen molar-refractivity contribution in [2.45, 2.75) is 0 Å². The zero-order chi connectivity index (χ0) is 9.54. The Morgan fingerprint density at radius 3 is 3.14 bits per heavy atom. The molecule has 4 nitrogen and oxygen atoms in total. The van der Waals surface area contributed by atoms with E-state index in [0.29, 0.717) is 11.5 Å². The fraction of sp³-hybridized carbons (Fsp3) is 0.200. The number of ether oxygens (including phenoxy) is 2. The van der Waals surface area contributed by atoms with Crippen LogP contribution >= 0.6 is 0 Å². The van der Waals surface area contributed by atoms with Crippen molar-refractivity contribution in [2.75, 3.05) is 6.79 Å². The van der Waals surface area contributed by atoms with E-state index in [-0.39, 0.29) is 18.5 Å². The van der Waals surface area contributed by atoms with Gasteiger partial charge in [-0.05, 0) is 6.08 Å². The Kier molecular flexibility index (Phi) is 1.39. The van der Waals surface area contributed by atoms with Crippen LogP contribution in [0.25, 0.3) is 0 Å². The number of allylic oxidation sites excluding steroid dienone is 3. The van der Waals surface area contributed by atoms with E-state index < -0.39 is 0 Å². The number of hydrogen-bond donors (Lipinski definition) is 0. The molecule has 14 heavy (non-hydrogen) atoms. The van der Waals surface area contributed by atoms with Gasteiger partial charge in [0.05, 0.1) is 11.6 Å². The Hall–Kier alpha value is -1.84. The molecule has 1 unspecified atom stereocenters. The minimum atomic E-state index is -0.291. The summed E-state index contributed by atoms with van der Waals surface area (Å²) in [5, 5.41) is 0. The zero-order valence-electron chi connectivity index (χ0n) is 7.27.